The lowest BCUT2D eigenvalue weighted by molar-refractivity contribution is 0.0175. The SMILES string of the molecule is CC1NC(=O)N(C)[C@@H]2NC(=O)N(C)C(c3ccco3)[C@H]12. The monoisotopic (exact) mass is 278 g/mol. The number of rotatable bonds is 1. The molecule has 2 saturated heterocycles. The minimum atomic E-state index is -0.336. The molecule has 3 rings (SSSR count). The van der Waals surface area contributed by atoms with Gasteiger partial charge in [-0.2, -0.15) is 0 Å². The normalized spacial score (nSPS) is 33.5. The fraction of sp³-hybridized carbons (Fsp3) is 0.538. The van der Waals surface area contributed by atoms with E-state index in [1.165, 1.54) is 4.90 Å². The van der Waals surface area contributed by atoms with Gasteiger partial charge in [0, 0.05) is 26.1 Å². The van der Waals surface area contributed by atoms with Crippen molar-refractivity contribution in [3.05, 3.63) is 24.2 Å². The molecule has 0 aliphatic carbocycles. The van der Waals surface area contributed by atoms with Crippen LogP contribution in [0.1, 0.15) is 18.7 Å². The summed E-state index contributed by atoms with van der Waals surface area (Å²) in [6.45, 7) is 1.95. The lowest BCUT2D eigenvalue weighted by Crippen LogP contribution is -2.71. The van der Waals surface area contributed by atoms with Crippen LogP contribution in [0.2, 0.25) is 0 Å². The first kappa shape index (κ1) is 12.8. The van der Waals surface area contributed by atoms with E-state index in [1.807, 2.05) is 13.0 Å². The quantitative estimate of drug-likeness (QED) is 0.803. The highest BCUT2D eigenvalue weighted by Gasteiger charge is 2.50. The molecule has 4 amide bonds. The molecule has 20 heavy (non-hydrogen) atoms. The molecule has 3 heterocycles. The number of carbonyl (C=O) groups is 2. The Morgan fingerprint density at radius 3 is 2.50 bits per heavy atom. The van der Waals surface area contributed by atoms with Crippen molar-refractivity contribution in [2.24, 2.45) is 5.92 Å². The number of urea groups is 2. The molecule has 2 aliphatic rings. The molecule has 0 aromatic carbocycles. The number of fused-ring (bicyclic) bond motifs is 1. The summed E-state index contributed by atoms with van der Waals surface area (Å²) in [5, 5.41) is 5.80. The molecule has 7 heteroatoms. The first-order valence-electron chi connectivity index (χ1n) is 6.60. The number of hydrogen-bond acceptors (Lipinski definition) is 3. The Hall–Kier alpha value is -2.18. The molecule has 0 spiro atoms. The summed E-state index contributed by atoms with van der Waals surface area (Å²) in [6.07, 6.45) is 1.26. The van der Waals surface area contributed by atoms with Crippen LogP contribution in [-0.4, -0.2) is 48.2 Å². The number of nitrogens with one attached hydrogen (secondary N) is 2. The highest BCUT2D eigenvalue weighted by Crippen LogP contribution is 2.38. The van der Waals surface area contributed by atoms with Gasteiger partial charge < -0.3 is 24.9 Å². The summed E-state index contributed by atoms with van der Waals surface area (Å²) < 4.78 is 5.50. The minimum absolute atomic E-state index is 0.00606. The van der Waals surface area contributed by atoms with E-state index in [0.717, 1.165) is 5.76 Å². The maximum Gasteiger partial charge on any atom is 0.319 e. The van der Waals surface area contributed by atoms with Gasteiger partial charge in [0.15, 0.2) is 0 Å². The van der Waals surface area contributed by atoms with Crippen molar-refractivity contribution < 1.29 is 14.0 Å². The number of carbonyl (C=O) groups excluding carboxylic acids is 2. The fourth-order valence-electron chi connectivity index (χ4n) is 3.14. The van der Waals surface area contributed by atoms with Crippen LogP contribution in [0, 0.1) is 5.92 Å². The minimum Gasteiger partial charge on any atom is -0.467 e. The average Bonchev–Trinajstić information content (AvgIpc) is 2.92. The van der Waals surface area contributed by atoms with Crippen LogP contribution < -0.4 is 10.6 Å². The topological polar surface area (TPSA) is 77.8 Å². The Labute approximate surface area is 116 Å². The molecule has 2 fully saturated rings. The van der Waals surface area contributed by atoms with Crippen molar-refractivity contribution >= 4 is 12.1 Å². The zero-order valence-electron chi connectivity index (χ0n) is 11.7. The summed E-state index contributed by atoms with van der Waals surface area (Å²) in [4.78, 5) is 27.2. The van der Waals surface area contributed by atoms with Gasteiger partial charge in [-0.1, -0.05) is 0 Å². The molecular weight excluding hydrogens is 260 g/mol. The third-order valence-corrected chi connectivity index (χ3v) is 4.24. The van der Waals surface area contributed by atoms with Gasteiger partial charge in [0.2, 0.25) is 0 Å². The number of hydrogen-bond donors (Lipinski definition) is 2. The van der Waals surface area contributed by atoms with Crippen LogP contribution in [0.3, 0.4) is 0 Å². The van der Waals surface area contributed by atoms with Crippen molar-refractivity contribution in [2.45, 2.75) is 25.2 Å². The first-order valence-corrected chi connectivity index (χ1v) is 6.60. The predicted molar refractivity (Wildman–Crippen MR) is 70.8 cm³/mol. The van der Waals surface area contributed by atoms with E-state index in [4.69, 9.17) is 4.42 Å². The zero-order valence-corrected chi connectivity index (χ0v) is 11.7. The number of amides is 4. The molecule has 2 N–H and O–H groups in total. The largest absolute Gasteiger partial charge is 0.467 e. The lowest BCUT2D eigenvalue weighted by atomic mass is 9.83. The molecule has 0 bridgehead atoms. The van der Waals surface area contributed by atoms with E-state index in [2.05, 4.69) is 10.6 Å². The van der Waals surface area contributed by atoms with Crippen LogP contribution >= 0.6 is 0 Å². The smallest absolute Gasteiger partial charge is 0.319 e. The second-order valence-electron chi connectivity index (χ2n) is 5.39. The van der Waals surface area contributed by atoms with Gasteiger partial charge in [0.25, 0.3) is 0 Å². The molecule has 7 nitrogen and oxygen atoms in total. The number of furan rings is 1. The van der Waals surface area contributed by atoms with E-state index in [-0.39, 0.29) is 36.2 Å². The molecule has 108 valence electrons. The highest BCUT2D eigenvalue weighted by molar-refractivity contribution is 5.80. The maximum atomic E-state index is 12.1. The maximum absolute atomic E-state index is 12.1. The predicted octanol–water partition coefficient (Wildman–Crippen LogP) is 0.961. The standard InChI is InChI=1S/C13H18N4O3/c1-7-9-10(8-5-4-6-20-8)16(2)13(19)15-11(9)17(3)12(18)14-7/h4-7,9-11H,1-3H3,(H,14,18)(H,15,19)/t7?,9-,10?,11-/m0/s1. The van der Waals surface area contributed by atoms with E-state index < -0.39 is 0 Å². The Kier molecular flexibility index (Phi) is 2.84. The Balaban J connectivity index is 2.02. The Morgan fingerprint density at radius 1 is 1.15 bits per heavy atom. The fourth-order valence-corrected chi connectivity index (χ4v) is 3.14. The molecule has 0 radical (unpaired) electrons. The zero-order chi connectivity index (χ0) is 14.4. The van der Waals surface area contributed by atoms with Gasteiger partial charge >= 0.3 is 12.1 Å². The van der Waals surface area contributed by atoms with Gasteiger partial charge in [0.05, 0.1) is 12.3 Å². The first-order chi connectivity index (χ1) is 9.50. The van der Waals surface area contributed by atoms with Crippen LogP contribution in [0.15, 0.2) is 22.8 Å². The summed E-state index contributed by atoms with van der Waals surface area (Å²) in [5.41, 5.74) is 0. The second-order valence-corrected chi connectivity index (χ2v) is 5.39. The van der Waals surface area contributed by atoms with Crippen molar-refractivity contribution in [1.29, 1.82) is 0 Å². The second kappa shape index (κ2) is 4.43. The van der Waals surface area contributed by atoms with E-state index in [9.17, 15) is 9.59 Å². The molecule has 1 aromatic rings. The molecule has 2 aliphatic heterocycles. The van der Waals surface area contributed by atoms with E-state index >= 15 is 0 Å². The number of nitrogens with zero attached hydrogens (tertiary/aromatic N) is 2. The summed E-state index contributed by atoms with van der Waals surface area (Å²) in [7, 11) is 3.42. The van der Waals surface area contributed by atoms with Crippen LogP contribution in [0.5, 0.6) is 0 Å². The van der Waals surface area contributed by atoms with Crippen molar-refractivity contribution in [2.75, 3.05) is 14.1 Å². The van der Waals surface area contributed by atoms with Gasteiger partial charge in [-0.05, 0) is 19.1 Å². The van der Waals surface area contributed by atoms with Crippen LogP contribution in [0.4, 0.5) is 9.59 Å². The van der Waals surface area contributed by atoms with Gasteiger partial charge in [-0.25, -0.2) is 9.59 Å². The molecule has 0 saturated carbocycles. The molecule has 1 aromatic heterocycles. The molecule has 2 unspecified atom stereocenters. The average molecular weight is 278 g/mol. The third-order valence-electron chi connectivity index (χ3n) is 4.24. The third kappa shape index (κ3) is 1.73. The van der Waals surface area contributed by atoms with Crippen LogP contribution in [-0.2, 0) is 0 Å². The summed E-state index contributed by atoms with van der Waals surface area (Å²) in [6, 6.07) is 3.01. The van der Waals surface area contributed by atoms with Gasteiger partial charge in [-0.3, -0.25) is 0 Å². The van der Waals surface area contributed by atoms with Crippen LogP contribution in [0.25, 0.3) is 0 Å². The van der Waals surface area contributed by atoms with Crippen molar-refractivity contribution in [1.82, 2.24) is 20.4 Å². The van der Waals surface area contributed by atoms with E-state index in [0.29, 0.717) is 0 Å². The van der Waals surface area contributed by atoms with Gasteiger partial charge in [0.1, 0.15) is 11.9 Å². The molecule has 4 atom stereocenters. The van der Waals surface area contributed by atoms with Gasteiger partial charge in [-0.15, -0.1) is 0 Å². The van der Waals surface area contributed by atoms with E-state index in [1.54, 1.807) is 31.3 Å². The molecular formula is C13H18N4O3. The van der Waals surface area contributed by atoms with Crippen molar-refractivity contribution in [3.63, 3.8) is 0 Å². The summed E-state index contributed by atoms with van der Waals surface area (Å²) >= 11 is 0. The lowest BCUT2D eigenvalue weighted by Gasteiger charge is -2.51. The Bertz CT molecular complexity index is 530. The summed E-state index contributed by atoms with van der Waals surface area (Å²) in [5.74, 6) is 0.736. The Morgan fingerprint density at radius 2 is 1.85 bits per heavy atom. The van der Waals surface area contributed by atoms with Crippen molar-refractivity contribution in [3.8, 4) is 0 Å². The highest BCUT2D eigenvalue weighted by atomic mass is 16.3.